The third-order valence-electron chi connectivity index (χ3n) is 2.91. The van der Waals surface area contributed by atoms with Crippen molar-refractivity contribution in [3.63, 3.8) is 0 Å². The van der Waals surface area contributed by atoms with Gasteiger partial charge in [0.25, 0.3) is 0 Å². The maximum Gasteiger partial charge on any atom is 0.213 e. The van der Waals surface area contributed by atoms with Gasteiger partial charge in [0.1, 0.15) is 12.4 Å². The van der Waals surface area contributed by atoms with Gasteiger partial charge in [0.05, 0.1) is 6.26 Å². The number of furan rings is 1. The van der Waals surface area contributed by atoms with Crippen molar-refractivity contribution >= 4 is 0 Å². The van der Waals surface area contributed by atoms with Crippen LogP contribution in [0.1, 0.15) is 24.2 Å². The monoisotopic (exact) mass is 244 g/mol. The minimum Gasteiger partial charge on any atom is -0.469 e. The first kappa shape index (κ1) is 11.3. The summed E-state index contributed by atoms with van der Waals surface area (Å²) < 4.78 is 10.7. The Kier molecular flexibility index (Phi) is 3.28. The number of ether oxygens (including phenoxy) is 1. The Morgan fingerprint density at radius 2 is 2.28 bits per heavy atom. The number of hydrogen-bond acceptors (Lipinski definition) is 4. The number of pyridine rings is 1. The average molecular weight is 244 g/mol. The molecule has 1 fully saturated rings. The van der Waals surface area contributed by atoms with Crippen LogP contribution in [-0.2, 0) is 13.2 Å². The number of hydrogen-bond donors (Lipinski definition) is 1. The largest absolute Gasteiger partial charge is 0.469 e. The van der Waals surface area contributed by atoms with Crippen molar-refractivity contribution in [1.29, 1.82) is 0 Å². The second-order valence-electron chi connectivity index (χ2n) is 4.53. The molecule has 0 aliphatic heterocycles. The highest BCUT2D eigenvalue weighted by molar-refractivity contribution is 5.18. The standard InChI is InChI=1S/C14H16N2O2/c1-2-13(17-7-1)10-18-14-6-3-11(9-16-14)8-15-12-4-5-12/h1-3,6-7,9,12,15H,4-5,8,10H2. The van der Waals surface area contributed by atoms with E-state index in [1.807, 2.05) is 30.5 Å². The molecule has 18 heavy (non-hydrogen) atoms. The molecule has 2 aromatic heterocycles. The van der Waals surface area contributed by atoms with Gasteiger partial charge in [0, 0.05) is 24.8 Å². The summed E-state index contributed by atoms with van der Waals surface area (Å²) in [7, 11) is 0. The van der Waals surface area contributed by atoms with Crippen LogP contribution < -0.4 is 10.1 Å². The topological polar surface area (TPSA) is 47.3 Å². The zero-order valence-corrected chi connectivity index (χ0v) is 10.1. The molecule has 4 heteroatoms. The van der Waals surface area contributed by atoms with Crippen molar-refractivity contribution in [1.82, 2.24) is 10.3 Å². The SMILES string of the molecule is c1coc(COc2ccc(CNC3CC3)cn2)c1. The fraction of sp³-hybridized carbons (Fsp3) is 0.357. The minimum atomic E-state index is 0.416. The van der Waals surface area contributed by atoms with E-state index in [2.05, 4.69) is 10.3 Å². The van der Waals surface area contributed by atoms with E-state index in [0.717, 1.165) is 18.3 Å². The van der Waals surface area contributed by atoms with Crippen molar-refractivity contribution in [2.75, 3.05) is 0 Å². The second kappa shape index (κ2) is 5.23. The maximum atomic E-state index is 5.52. The number of rotatable bonds is 6. The molecule has 3 rings (SSSR count). The van der Waals surface area contributed by atoms with E-state index in [-0.39, 0.29) is 0 Å². The highest BCUT2D eigenvalue weighted by Crippen LogP contribution is 2.19. The fourth-order valence-electron chi connectivity index (χ4n) is 1.69. The molecule has 1 aliphatic carbocycles. The van der Waals surface area contributed by atoms with Crippen LogP contribution in [0.4, 0.5) is 0 Å². The van der Waals surface area contributed by atoms with E-state index in [4.69, 9.17) is 9.15 Å². The molecular weight excluding hydrogens is 228 g/mol. The van der Waals surface area contributed by atoms with Crippen molar-refractivity contribution < 1.29 is 9.15 Å². The number of aromatic nitrogens is 1. The lowest BCUT2D eigenvalue weighted by atomic mass is 10.3. The molecule has 0 unspecified atom stereocenters. The molecular formula is C14H16N2O2. The summed E-state index contributed by atoms with van der Waals surface area (Å²) in [5.74, 6) is 1.43. The lowest BCUT2D eigenvalue weighted by molar-refractivity contribution is 0.260. The van der Waals surface area contributed by atoms with E-state index >= 15 is 0 Å². The van der Waals surface area contributed by atoms with Crippen LogP contribution in [0.25, 0.3) is 0 Å². The zero-order valence-electron chi connectivity index (χ0n) is 10.1. The highest BCUT2D eigenvalue weighted by Gasteiger charge is 2.19. The van der Waals surface area contributed by atoms with E-state index in [1.165, 1.54) is 18.4 Å². The van der Waals surface area contributed by atoms with Gasteiger partial charge in [-0.3, -0.25) is 0 Å². The summed E-state index contributed by atoms with van der Waals surface area (Å²) >= 11 is 0. The molecule has 0 radical (unpaired) electrons. The first-order chi connectivity index (χ1) is 8.90. The Labute approximate surface area is 106 Å². The Hall–Kier alpha value is -1.81. The van der Waals surface area contributed by atoms with Crippen LogP contribution in [-0.4, -0.2) is 11.0 Å². The van der Waals surface area contributed by atoms with Crippen LogP contribution in [0.15, 0.2) is 41.1 Å². The van der Waals surface area contributed by atoms with E-state index in [0.29, 0.717) is 12.5 Å². The summed E-state index contributed by atoms with van der Waals surface area (Å²) in [5, 5.41) is 3.45. The van der Waals surface area contributed by atoms with E-state index in [1.54, 1.807) is 6.26 Å². The molecule has 2 heterocycles. The van der Waals surface area contributed by atoms with E-state index < -0.39 is 0 Å². The van der Waals surface area contributed by atoms with Gasteiger partial charge in [-0.15, -0.1) is 0 Å². The van der Waals surface area contributed by atoms with E-state index in [9.17, 15) is 0 Å². The van der Waals surface area contributed by atoms with Gasteiger partial charge in [-0.1, -0.05) is 6.07 Å². The van der Waals surface area contributed by atoms with Gasteiger partial charge in [-0.2, -0.15) is 0 Å². The first-order valence-electron chi connectivity index (χ1n) is 6.23. The summed E-state index contributed by atoms with van der Waals surface area (Å²) in [5.41, 5.74) is 1.19. The summed E-state index contributed by atoms with van der Waals surface area (Å²) in [6.45, 7) is 1.30. The average Bonchev–Trinajstić information content (AvgIpc) is 3.09. The molecule has 0 aromatic carbocycles. The molecule has 2 aromatic rings. The Morgan fingerprint density at radius 3 is 2.94 bits per heavy atom. The van der Waals surface area contributed by atoms with Crippen LogP contribution in [0.3, 0.4) is 0 Å². The van der Waals surface area contributed by atoms with Crippen molar-refractivity contribution in [3.8, 4) is 5.88 Å². The molecule has 0 saturated heterocycles. The predicted octanol–water partition coefficient (Wildman–Crippen LogP) is 2.51. The quantitative estimate of drug-likeness (QED) is 0.848. The Bertz CT molecular complexity index is 475. The number of nitrogens with one attached hydrogen (secondary N) is 1. The van der Waals surface area contributed by atoms with Crippen LogP contribution in [0, 0.1) is 0 Å². The van der Waals surface area contributed by atoms with Crippen molar-refractivity contribution in [2.24, 2.45) is 0 Å². The van der Waals surface area contributed by atoms with Gasteiger partial charge < -0.3 is 14.5 Å². The normalized spacial score (nSPS) is 14.7. The summed E-state index contributed by atoms with van der Waals surface area (Å²) in [6, 6.07) is 8.39. The molecule has 0 bridgehead atoms. The molecule has 94 valence electrons. The minimum absolute atomic E-state index is 0.416. The lowest BCUT2D eigenvalue weighted by Crippen LogP contribution is -2.15. The van der Waals surface area contributed by atoms with Crippen molar-refractivity contribution in [2.45, 2.75) is 32.0 Å². The third kappa shape index (κ3) is 3.11. The molecule has 0 atom stereocenters. The van der Waals surface area contributed by atoms with Crippen LogP contribution >= 0.6 is 0 Å². The van der Waals surface area contributed by atoms with Gasteiger partial charge in [-0.05, 0) is 30.5 Å². The summed E-state index contributed by atoms with van der Waals surface area (Å²) in [4.78, 5) is 4.27. The van der Waals surface area contributed by atoms with Crippen LogP contribution in [0.5, 0.6) is 5.88 Å². The van der Waals surface area contributed by atoms with Gasteiger partial charge in [-0.25, -0.2) is 4.98 Å². The third-order valence-corrected chi connectivity index (χ3v) is 2.91. The molecule has 1 saturated carbocycles. The highest BCUT2D eigenvalue weighted by atomic mass is 16.5. The molecule has 0 spiro atoms. The van der Waals surface area contributed by atoms with Gasteiger partial charge >= 0.3 is 0 Å². The zero-order chi connectivity index (χ0) is 12.2. The van der Waals surface area contributed by atoms with Crippen LogP contribution in [0.2, 0.25) is 0 Å². The molecule has 4 nitrogen and oxygen atoms in total. The fourth-order valence-corrected chi connectivity index (χ4v) is 1.69. The lowest BCUT2D eigenvalue weighted by Gasteiger charge is -2.05. The Balaban J connectivity index is 1.50. The first-order valence-corrected chi connectivity index (χ1v) is 6.23. The summed E-state index contributed by atoms with van der Waals surface area (Å²) in [6.07, 6.45) is 6.10. The molecule has 1 N–H and O–H groups in total. The second-order valence-corrected chi connectivity index (χ2v) is 4.53. The molecule has 0 amide bonds. The van der Waals surface area contributed by atoms with Gasteiger partial charge in [0.15, 0.2) is 0 Å². The number of nitrogens with zero attached hydrogens (tertiary/aromatic N) is 1. The Morgan fingerprint density at radius 1 is 1.33 bits per heavy atom. The smallest absolute Gasteiger partial charge is 0.213 e. The van der Waals surface area contributed by atoms with Gasteiger partial charge in [0.2, 0.25) is 5.88 Å². The molecule has 1 aliphatic rings. The predicted molar refractivity (Wildman–Crippen MR) is 67.1 cm³/mol. The van der Waals surface area contributed by atoms with Crippen molar-refractivity contribution in [3.05, 3.63) is 48.0 Å². The maximum absolute atomic E-state index is 5.52.